The van der Waals surface area contributed by atoms with Gasteiger partial charge in [-0.15, -0.1) is 0 Å². The smallest absolute Gasteiger partial charge is 0.219 e. The highest BCUT2D eigenvalue weighted by Gasteiger charge is 2.38. The van der Waals surface area contributed by atoms with Gasteiger partial charge in [0.25, 0.3) is 0 Å². The molecule has 0 saturated carbocycles. The molecule has 174 valence electrons. The lowest BCUT2D eigenvalue weighted by Gasteiger charge is -2.56. The predicted octanol–water partition coefficient (Wildman–Crippen LogP) is 4.18. The summed E-state index contributed by atoms with van der Waals surface area (Å²) in [4.78, 5) is 15.4. The molecule has 1 atom stereocenters. The Bertz CT molecular complexity index is 954. The number of nitrogens with zero attached hydrogens (tertiary/aromatic N) is 4. The number of piperazine rings is 1. The van der Waals surface area contributed by atoms with Crippen LogP contribution in [0.3, 0.4) is 0 Å². The van der Waals surface area contributed by atoms with Gasteiger partial charge in [0.05, 0.1) is 5.69 Å². The van der Waals surface area contributed by atoms with E-state index in [0.29, 0.717) is 38.3 Å². The molecule has 2 aliphatic heterocycles. The number of rotatable bonds is 4. The van der Waals surface area contributed by atoms with Crippen molar-refractivity contribution in [2.24, 2.45) is 0 Å². The van der Waals surface area contributed by atoms with Crippen LogP contribution in [0, 0.1) is 5.82 Å². The van der Waals surface area contributed by atoms with Crippen LogP contribution in [0.5, 0.6) is 0 Å². The molecule has 0 aromatic heterocycles. The van der Waals surface area contributed by atoms with Crippen LogP contribution in [0.4, 0.5) is 15.8 Å². The molecule has 0 spiro atoms. The first-order valence-corrected chi connectivity index (χ1v) is 12.4. The van der Waals surface area contributed by atoms with Crippen LogP contribution in [0.1, 0.15) is 25.8 Å². The molecule has 2 aliphatic rings. The summed E-state index contributed by atoms with van der Waals surface area (Å²) in [6.07, 6.45) is 0.741. The third kappa shape index (κ3) is 4.56. The van der Waals surface area contributed by atoms with Gasteiger partial charge in [0.2, 0.25) is 5.91 Å². The first-order valence-electron chi connectivity index (χ1n) is 10.9. The topological polar surface area (TPSA) is 70.5 Å². The van der Waals surface area contributed by atoms with E-state index in [4.69, 9.17) is 0 Å². The normalized spacial score (nSPS) is 22.7. The number of benzene rings is 2. The summed E-state index contributed by atoms with van der Waals surface area (Å²) in [6, 6.07) is 14.3. The Balaban J connectivity index is 1.50. The van der Waals surface area contributed by atoms with E-state index in [2.05, 4.69) is 4.90 Å². The maximum absolute atomic E-state index is 15.1. The molecule has 4 rings (SSSR count). The van der Waals surface area contributed by atoms with E-state index in [1.54, 1.807) is 26.5 Å². The van der Waals surface area contributed by atoms with Crippen molar-refractivity contribution in [1.82, 2.24) is 9.21 Å². The van der Waals surface area contributed by atoms with Crippen molar-refractivity contribution in [3.63, 3.8) is 0 Å². The second-order valence-electron chi connectivity index (χ2n) is 8.41. The lowest BCUT2D eigenvalue weighted by Crippen LogP contribution is -2.50. The summed E-state index contributed by atoms with van der Waals surface area (Å²) in [5.74, 6) is -0.305. The highest BCUT2D eigenvalue weighted by atomic mass is 32.3. The molecule has 0 aliphatic carbocycles. The molecule has 7 nitrogen and oxygen atoms in total. The summed E-state index contributed by atoms with van der Waals surface area (Å²) in [6.45, 7) is 6.71. The van der Waals surface area contributed by atoms with Crippen LogP contribution in [0.25, 0.3) is 0 Å². The number of hydrogen-bond acceptors (Lipinski definition) is 6. The number of amides is 1. The lowest BCUT2D eigenvalue weighted by atomic mass is 10.1. The molecule has 2 N–H and O–H groups in total. The largest absolute Gasteiger partial charge is 0.368 e. The fourth-order valence-corrected chi connectivity index (χ4v) is 6.26. The van der Waals surface area contributed by atoms with Crippen molar-refractivity contribution in [3.8, 4) is 0 Å². The first kappa shape index (κ1) is 22.8. The average molecular weight is 463 g/mol. The molecule has 2 aromatic carbocycles. The van der Waals surface area contributed by atoms with Gasteiger partial charge in [-0.2, -0.15) is 4.31 Å². The van der Waals surface area contributed by atoms with Gasteiger partial charge in [-0.1, -0.05) is 24.3 Å². The Morgan fingerprint density at radius 1 is 1.03 bits per heavy atom. The summed E-state index contributed by atoms with van der Waals surface area (Å²) in [7, 11) is -3.27. The van der Waals surface area contributed by atoms with E-state index in [0.717, 1.165) is 17.8 Å². The van der Waals surface area contributed by atoms with Gasteiger partial charge in [-0.25, -0.2) is 4.39 Å². The van der Waals surface area contributed by atoms with E-state index < -0.39 is 11.0 Å². The van der Waals surface area contributed by atoms with Crippen LogP contribution >= 0.6 is 11.0 Å². The van der Waals surface area contributed by atoms with Crippen molar-refractivity contribution in [2.75, 3.05) is 41.9 Å². The van der Waals surface area contributed by atoms with Crippen molar-refractivity contribution < 1.29 is 18.3 Å². The van der Waals surface area contributed by atoms with E-state index >= 15 is 4.39 Å². The molecule has 0 radical (unpaired) electrons. The minimum atomic E-state index is -3.27. The van der Waals surface area contributed by atoms with Crippen LogP contribution in [-0.4, -0.2) is 63.0 Å². The highest BCUT2D eigenvalue weighted by molar-refractivity contribution is 8.23. The number of halogens is 1. The molecule has 9 heteroatoms. The van der Waals surface area contributed by atoms with E-state index in [1.165, 1.54) is 6.07 Å². The second-order valence-corrected chi connectivity index (χ2v) is 10.3. The Morgan fingerprint density at radius 2 is 1.72 bits per heavy atom. The van der Waals surface area contributed by atoms with Crippen LogP contribution in [0.2, 0.25) is 0 Å². The minimum Gasteiger partial charge on any atom is -0.368 e. The number of carbonyl (C=O) groups excluding carboxylic acids is 1. The number of hydrogen-bond donors (Lipinski definition) is 2. The quantitative estimate of drug-likeness (QED) is 0.711. The maximum atomic E-state index is 15.1. The minimum absolute atomic E-state index is 0.0605. The molecule has 2 aromatic rings. The summed E-state index contributed by atoms with van der Waals surface area (Å²) in [5, 5.41) is 0. The Hall–Kier alpha value is -2.33. The Kier molecular flexibility index (Phi) is 6.62. The molecule has 2 fully saturated rings. The van der Waals surface area contributed by atoms with Crippen LogP contribution in [0.15, 0.2) is 48.5 Å². The standard InChI is InChI=1S/C23H31FN4O3S/c1-18-10-11-27(21-6-4-3-5-7-21)32(30,31)28(18)17-20-8-9-22(16-23(20)24)26-14-12-25(13-15-26)19(2)29/h3-9,16,18,30-31H,10-15,17H2,1-2H3. The van der Waals surface area contributed by atoms with E-state index in [1.807, 2.05) is 43.3 Å². The molecule has 2 heterocycles. The zero-order valence-corrected chi connectivity index (χ0v) is 19.3. The van der Waals surface area contributed by atoms with Crippen molar-refractivity contribution >= 4 is 28.2 Å². The van der Waals surface area contributed by atoms with E-state index in [9.17, 15) is 13.9 Å². The van der Waals surface area contributed by atoms with Gasteiger partial charge in [0.1, 0.15) is 5.82 Å². The number of carbonyl (C=O) groups is 1. The van der Waals surface area contributed by atoms with Crippen LogP contribution < -0.4 is 9.21 Å². The lowest BCUT2D eigenvalue weighted by molar-refractivity contribution is -0.129. The Labute approximate surface area is 190 Å². The molecule has 1 unspecified atom stereocenters. The van der Waals surface area contributed by atoms with Crippen molar-refractivity contribution in [1.29, 1.82) is 0 Å². The molecule has 2 saturated heterocycles. The molecule has 32 heavy (non-hydrogen) atoms. The van der Waals surface area contributed by atoms with Crippen molar-refractivity contribution in [2.45, 2.75) is 32.9 Å². The molecule has 1 amide bonds. The molecular weight excluding hydrogens is 431 g/mol. The SMILES string of the molecule is CC(=O)N1CCN(c2ccc(CN3C(C)CCN(c4ccccc4)S3(O)O)c(F)c2)CC1. The summed E-state index contributed by atoms with van der Waals surface area (Å²) >= 11 is 0. The first-order chi connectivity index (χ1) is 15.3. The predicted molar refractivity (Wildman–Crippen MR) is 127 cm³/mol. The highest BCUT2D eigenvalue weighted by Crippen LogP contribution is 2.54. The van der Waals surface area contributed by atoms with E-state index in [-0.39, 0.29) is 24.3 Å². The van der Waals surface area contributed by atoms with Gasteiger partial charge >= 0.3 is 0 Å². The van der Waals surface area contributed by atoms with Gasteiger partial charge in [0.15, 0.2) is 0 Å². The third-order valence-electron chi connectivity index (χ3n) is 6.35. The Morgan fingerprint density at radius 3 is 2.34 bits per heavy atom. The molecule has 0 bridgehead atoms. The fourth-order valence-electron chi connectivity index (χ4n) is 4.35. The zero-order valence-electron chi connectivity index (χ0n) is 18.5. The summed E-state index contributed by atoms with van der Waals surface area (Å²) in [5.41, 5.74) is 1.95. The van der Waals surface area contributed by atoms with Gasteiger partial charge < -0.3 is 9.80 Å². The fraction of sp³-hybridized carbons (Fsp3) is 0.435. The van der Waals surface area contributed by atoms with Gasteiger partial charge in [-0.3, -0.25) is 18.2 Å². The second kappa shape index (κ2) is 9.27. The van der Waals surface area contributed by atoms with Crippen LogP contribution in [-0.2, 0) is 11.3 Å². The van der Waals surface area contributed by atoms with Gasteiger partial charge in [-0.05, 0) is 48.6 Å². The average Bonchev–Trinajstić information content (AvgIpc) is 2.78. The number of para-hydroxylation sites is 1. The number of anilines is 2. The monoisotopic (exact) mass is 462 g/mol. The summed E-state index contributed by atoms with van der Waals surface area (Å²) < 4.78 is 40.6. The molecular formula is C23H31FN4O3S. The zero-order chi connectivity index (χ0) is 22.9. The maximum Gasteiger partial charge on any atom is 0.219 e. The van der Waals surface area contributed by atoms with Crippen molar-refractivity contribution in [3.05, 3.63) is 59.9 Å². The van der Waals surface area contributed by atoms with Gasteiger partial charge in [0, 0.05) is 63.5 Å². The third-order valence-corrected chi connectivity index (χ3v) is 8.45.